The second kappa shape index (κ2) is 8.94. The average molecular weight is 468 g/mol. The van der Waals surface area contributed by atoms with Gasteiger partial charge in [-0.2, -0.15) is 0 Å². The lowest BCUT2D eigenvalue weighted by molar-refractivity contribution is -0.380. The molecule has 0 bridgehead atoms. The highest BCUT2D eigenvalue weighted by atomic mass is 32.1. The van der Waals surface area contributed by atoms with Crippen molar-refractivity contribution in [3.63, 3.8) is 0 Å². The van der Waals surface area contributed by atoms with E-state index in [0.29, 0.717) is 61.7 Å². The zero-order valence-electron chi connectivity index (χ0n) is 17.5. The molecule has 1 aromatic carbocycles. The Labute approximate surface area is 191 Å². The molecule has 12 nitrogen and oxygen atoms in total. The number of piperazine rings is 1. The SMILES string of the molecule is O=C(CCCOn1nnc2ccccc21)N1CCN(c2ncnc3sc([N+](=O)[O-])cc23)CC1. The lowest BCUT2D eigenvalue weighted by atomic mass is 10.2. The van der Waals surface area contributed by atoms with Crippen molar-refractivity contribution in [2.75, 3.05) is 37.7 Å². The van der Waals surface area contributed by atoms with Crippen molar-refractivity contribution in [2.24, 2.45) is 0 Å². The standard InChI is InChI=1S/C20H20N8O4S/c29-17(6-3-11-32-27-16-5-2-1-4-15(16)23-24-27)25-7-9-26(10-8-25)19-14-12-18(28(30)31)33-20(14)22-13-21-19/h1-2,4-5,12-13H,3,6-11H2. The Kier molecular flexibility index (Phi) is 5.69. The minimum Gasteiger partial charge on any atom is -0.395 e. The van der Waals surface area contributed by atoms with Crippen LogP contribution in [-0.4, -0.2) is 73.6 Å². The number of thiophene rings is 1. The minimum atomic E-state index is -0.415. The largest absolute Gasteiger partial charge is 0.395 e. The Morgan fingerprint density at radius 2 is 2.00 bits per heavy atom. The predicted octanol–water partition coefficient (Wildman–Crippen LogP) is 1.90. The molecule has 1 aliphatic heterocycles. The monoisotopic (exact) mass is 468 g/mol. The zero-order valence-corrected chi connectivity index (χ0v) is 18.3. The van der Waals surface area contributed by atoms with Gasteiger partial charge in [-0.3, -0.25) is 14.9 Å². The van der Waals surface area contributed by atoms with Crippen molar-refractivity contribution in [3.05, 3.63) is 46.8 Å². The molecule has 0 saturated carbocycles. The lowest BCUT2D eigenvalue weighted by Crippen LogP contribution is -2.49. The highest BCUT2D eigenvalue weighted by molar-refractivity contribution is 7.21. The van der Waals surface area contributed by atoms with E-state index in [-0.39, 0.29) is 10.9 Å². The molecule has 0 radical (unpaired) electrons. The molecule has 1 saturated heterocycles. The van der Waals surface area contributed by atoms with Gasteiger partial charge in [0.2, 0.25) is 5.91 Å². The van der Waals surface area contributed by atoms with Crippen LogP contribution in [0.3, 0.4) is 0 Å². The maximum atomic E-state index is 12.6. The molecule has 3 aromatic heterocycles. The van der Waals surface area contributed by atoms with Gasteiger partial charge >= 0.3 is 5.00 Å². The van der Waals surface area contributed by atoms with Crippen LogP contribution in [0.1, 0.15) is 12.8 Å². The number of para-hydroxylation sites is 1. The first kappa shape index (κ1) is 21.0. The van der Waals surface area contributed by atoms with Crippen LogP contribution in [0, 0.1) is 10.1 Å². The first-order chi connectivity index (χ1) is 16.1. The molecule has 4 heterocycles. The molecule has 170 valence electrons. The summed E-state index contributed by atoms with van der Waals surface area (Å²) in [5, 5.41) is 19.8. The molecule has 0 N–H and O–H groups in total. The molecule has 1 fully saturated rings. The summed E-state index contributed by atoms with van der Waals surface area (Å²) in [6, 6.07) is 9.03. The molecule has 0 aliphatic carbocycles. The number of carbonyl (C=O) groups is 1. The number of nitro groups is 1. The summed E-state index contributed by atoms with van der Waals surface area (Å²) >= 11 is 1.04. The Morgan fingerprint density at radius 3 is 2.82 bits per heavy atom. The number of nitrogens with zero attached hydrogens (tertiary/aromatic N) is 8. The van der Waals surface area contributed by atoms with E-state index in [0.717, 1.165) is 22.4 Å². The normalized spacial score (nSPS) is 14.2. The summed E-state index contributed by atoms with van der Waals surface area (Å²) in [7, 11) is 0. The number of fused-ring (bicyclic) bond motifs is 2. The number of hydrogen-bond donors (Lipinski definition) is 0. The van der Waals surface area contributed by atoms with Crippen molar-refractivity contribution in [1.82, 2.24) is 30.0 Å². The molecular weight excluding hydrogens is 448 g/mol. The van der Waals surface area contributed by atoms with E-state index in [2.05, 4.69) is 20.3 Å². The topological polar surface area (TPSA) is 132 Å². The van der Waals surface area contributed by atoms with Gasteiger partial charge in [-0.1, -0.05) is 17.0 Å². The molecule has 4 aromatic rings. The minimum absolute atomic E-state index is 0.0432. The van der Waals surface area contributed by atoms with E-state index in [9.17, 15) is 14.9 Å². The third-order valence-electron chi connectivity index (χ3n) is 5.48. The van der Waals surface area contributed by atoms with E-state index in [1.807, 2.05) is 34.1 Å². The number of amides is 1. The predicted molar refractivity (Wildman–Crippen MR) is 121 cm³/mol. The summed E-state index contributed by atoms with van der Waals surface area (Å²) < 4.78 is 0. The van der Waals surface area contributed by atoms with Crippen LogP contribution < -0.4 is 9.74 Å². The van der Waals surface area contributed by atoms with Gasteiger partial charge in [-0.25, -0.2) is 9.97 Å². The summed E-state index contributed by atoms with van der Waals surface area (Å²) in [5.41, 5.74) is 1.54. The summed E-state index contributed by atoms with van der Waals surface area (Å²) in [6.45, 7) is 2.68. The first-order valence-corrected chi connectivity index (χ1v) is 11.3. The van der Waals surface area contributed by atoms with Crippen LogP contribution in [0.15, 0.2) is 36.7 Å². The fourth-order valence-corrected chi connectivity index (χ4v) is 4.62. The van der Waals surface area contributed by atoms with Crippen LogP contribution in [0.4, 0.5) is 10.8 Å². The van der Waals surface area contributed by atoms with E-state index in [1.165, 1.54) is 17.2 Å². The van der Waals surface area contributed by atoms with E-state index in [4.69, 9.17) is 4.84 Å². The van der Waals surface area contributed by atoms with Crippen molar-refractivity contribution in [1.29, 1.82) is 0 Å². The van der Waals surface area contributed by atoms with Crippen LogP contribution in [0.5, 0.6) is 0 Å². The Hall–Kier alpha value is -3.87. The van der Waals surface area contributed by atoms with Crippen LogP contribution in [0.2, 0.25) is 0 Å². The molecule has 0 atom stereocenters. The quantitative estimate of drug-likeness (QED) is 0.226. The van der Waals surface area contributed by atoms with Gasteiger partial charge in [-0.15, -0.1) is 5.10 Å². The highest BCUT2D eigenvalue weighted by Crippen LogP contribution is 2.34. The van der Waals surface area contributed by atoms with Gasteiger partial charge in [0.1, 0.15) is 34.6 Å². The van der Waals surface area contributed by atoms with E-state index in [1.54, 1.807) is 0 Å². The number of rotatable bonds is 7. The van der Waals surface area contributed by atoms with Gasteiger partial charge in [-0.05, 0) is 35.1 Å². The van der Waals surface area contributed by atoms with E-state index < -0.39 is 4.92 Å². The molecule has 1 aliphatic rings. The van der Waals surface area contributed by atoms with Crippen molar-refractivity contribution in [3.8, 4) is 0 Å². The fraction of sp³-hybridized carbons (Fsp3) is 0.350. The zero-order chi connectivity index (χ0) is 22.8. The van der Waals surface area contributed by atoms with Gasteiger partial charge in [0, 0.05) is 38.7 Å². The molecule has 33 heavy (non-hydrogen) atoms. The number of aromatic nitrogens is 5. The third kappa shape index (κ3) is 4.26. The smallest absolute Gasteiger partial charge is 0.326 e. The van der Waals surface area contributed by atoms with E-state index >= 15 is 0 Å². The van der Waals surface area contributed by atoms with Crippen LogP contribution in [-0.2, 0) is 4.79 Å². The van der Waals surface area contributed by atoms with Gasteiger partial charge in [0.25, 0.3) is 0 Å². The second-order valence-corrected chi connectivity index (χ2v) is 8.52. The number of benzene rings is 1. The van der Waals surface area contributed by atoms with Gasteiger partial charge in [0.05, 0.1) is 10.3 Å². The van der Waals surface area contributed by atoms with Crippen molar-refractivity contribution < 1.29 is 14.6 Å². The molecule has 5 rings (SSSR count). The maximum Gasteiger partial charge on any atom is 0.326 e. The highest BCUT2D eigenvalue weighted by Gasteiger charge is 2.24. The number of carbonyl (C=O) groups excluding carboxylic acids is 1. The Bertz CT molecular complexity index is 1310. The molecule has 13 heteroatoms. The fourth-order valence-electron chi connectivity index (χ4n) is 3.82. The molecule has 1 amide bonds. The number of anilines is 1. The average Bonchev–Trinajstić information content (AvgIpc) is 3.46. The molecule has 0 spiro atoms. The molecular formula is C20H20N8O4S. The number of hydrogen-bond acceptors (Lipinski definition) is 10. The summed E-state index contributed by atoms with van der Waals surface area (Å²) in [5.74, 6) is 0.741. The van der Waals surface area contributed by atoms with Crippen LogP contribution in [0.25, 0.3) is 21.3 Å². The first-order valence-electron chi connectivity index (χ1n) is 10.5. The van der Waals surface area contributed by atoms with Crippen LogP contribution >= 0.6 is 11.3 Å². The van der Waals surface area contributed by atoms with Gasteiger partial charge in [0.15, 0.2) is 0 Å². The van der Waals surface area contributed by atoms with Gasteiger partial charge < -0.3 is 14.6 Å². The van der Waals surface area contributed by atoms with Crippen molar-refractivity contribution in [2.45, 2.75) is 12.8 Å². The lowest BCUT2D eigenvalue weighted by Gasteiger charge is -2.35. The Balaban J connectivity index is 1.12. The third-order valence-corrected chi connectivity index (χ3v) is 6.47. The summed E-state index contributed by atoms with van der Waals surface area (Å²) in [4.78, 5) is 43.3. The maximum absolute atomic E-state index is 12.6. The Morgan fingerprint density at radius 1 is 1.18 bits per heavy atom. The molecule has 0 unspecified atom stereocenters. The second-order valence-electron chi connectivity index (χ2n) is 7.51. The van der Waals surface area contributed by atoms with Crippen molar-refractivity contribution >= 4 is 49.3 Å². The summed E-state index contributed by atoms with van der Waals surface area (Å²) in [6.07, 6.45) is 2.37.